The Morgan fingerprint density at radius 1 is 0.795 bits per heavy atom. The molecule has 0 heterocycles. The summed E-state index contributed by atoms with van der Waals surface area (Å²) in [6, 6.07) is 32.6. The monoisotopic (exact) mass is 613 g/mol. The third-order valence-electron chi connectivity index (χ3n) is 7.15. The van der Waals surface area contributed by atoms with Crippen molar-refractivity contribution in [1.29, 1.82) is 0 Å². The van der Waals surface area contributed by atoms with Crippen LogP contribution in [0, 0.1) is 6.92 Å². The molecule has 0 aliphatic rings. The van der Waals surface area contributed by atoms with Gasteiger partial charge in [-0.15, -0.1) is 0 Å². The highest BCUT2D eigenvalue weighted by Crippen LogP contribution is 2.24. The molecule has 0 aliphatic carbocycles. The molecule has 4 rings (SSSR count). The number of carbonyl (C=O) groups is 2. The van der Waals surface area contributed by atoms with Crippen molar-refractivity contribution >= 4 is 27.5 Å². The lowest BCUT2D eigenvalue weighted by Crippen LogP contribution is -2.53. The lowest BCUT2D eigenvalue weighted by atomic mass is 10.0. The zero-order valence-corrected chi connectivity index (χ0v) is 26.2. The molecule has 0 saturated heterocycles. The number of nitrogens with zero attached hydrogens (tertiary/aromatic N) is 2. The van der Waals surface area contributed by atoms with Crippen molar-refractivity contribution in [3.8, 4) is 5.75 Å². The fraction of sp³-hybridized carbons (Fsp3) is 0.257. The molecule has 0 aliphatic heterocycles. The van der Waals surface area contributed by atoms with E-state index in [1.165, 1.54) is 4.90 Å². The molecule has 0 unspecified atom stereocenters. The van der Waals surface area contributed by atoms with Crippen LogP contribution in [0.2, 0.25) is 0 Å². The third-order valence-corrected chi connectivity index (χ3v) is 8.29. The van der Waals surface area contributed by atoms with Gasteiger partial charge < -0.3 is 15.0 Å². The minimum absolute atomic E-state index is 0.137. The number of benzene rings is 4. The van der Waals surface area contributed by atoms with Crippen molar-refractivity contribution in [2.45, 2.75) is 39.5 Å². The lowest BCUT2D eigenvalue weighted by molar-refractivity contribution is -0.140. The largest absolute Gasteiger partial charge is 0.489 e. The van der Waals surface area contributed by atoms with Crippen LogP contribution >= 0.6 is 0 Å². The number of nitrogens with one attached hydrogen (secondary N) is 1. The maximum absolute atomic E-state index is 14.1. The molecule has 0 aromatic heterocycles. The van der Waals surface area contributed by atoms with Gasteiger partial charge in [0.25, 0.3) is 0 Å². The molecule has 0 saturated carbocycles. The van der Waals surface area contributed by atoms with Crippen molar-refractivity contribution in [1.82, 2.24) is 10.2 Å². The van der Waals surface area contributed by atoms with Gasteiger partial charge in [0.05, 0.1) is 11.9 Å². The number of hydrogen-bond donors (Lipinski definition) is 1. The second kappa shape index (κ2) is 15.2. The second-order valence-electron chi connectivity index (χ2n) is 10.6. The maximum atomic E-state index is 14.1. The summed E-state index contributed by atoms with van der Waals surface area (Å²) >= 11 is 0. The zero-order chi connectivity index (χ0) is 31.5. The molecule has 0 bridgehead atoms. The number of ether oxygens (including phenoxy) is 1. The first-order chi connectivity index (χ1) is 21.1. The number of likely N-dealkylation sites (N-methyl/N-ethyl adjacent to an activating group) is 1. The van der Waals surface area contributed by atoms with Crippen LogP contribution in [0.4, 0.5) is 5.69 Å². The van der Waals surface area contributed by atoms with E-state index in [-0.39, 0.29) is 18.9 Å². The fourth-order valence-electron chi connectivity index (χ4n) is 4.80. The van der Waals surface area contributed by atoms with Gasteiger partial charge in [-0.25, -0.2) is 8.42 Å². The number of rotatable bonds is 14. The highest BCUT2D eigenvalue weighted by Gasteiger charge is 2.32. The SMILES string of the molecule is CCNC(=O)[C@@H](Cc1ccccc1)N(Cc1ccc(C)cc1)C(=O)CN(c1ccc(OCc2ccccc2)cc1)S(C)(=O)=O. The highest BCUT2D eigenvalue weighted by atomic mass is 32.2. The first-order valence-electron chi connectivity index (χ1n) is 14.5. The van der Waals surface area contributed by atoms with E-state index in [9.17, 15) is 18.0 Å². The Hall–Kier alpha value is -4.63. The molecule has 9 heteroatoms. The summed E-state index contributed by atoms with van der Waals surface area (Å²) in [6.45, 7) is 4.22. The number of anilines is 1. The second-order valence-corrected chi connectivity index (χ2v) is 12.6. The average Bonchev–Trinajstić information content (AvgIpc) is 3.02. The first-order valence-corrected chi connectivity index (χ1v) is 16.4. The molecule has 0 fully saturated rings. The Kier molecular flexibility index (Phi) is 11.2. The number of amides is 2. The van der Waals surface area contributed by atoms with Crippen molar-refractivity contribution in [2.24, 2.45) is 0 Å². The topological polar surface area (TPSA) is 96.0 Å². The predicted molar refractivity (Wildman–Crippen MR) is 174 cm³/mol. The van der Waals surface area contributed by atoms with Crippen molar-refractivity contribution in [3.63, 3.8) is 0 Å². The average molecular weight is 614 g/mol. The molecule has 230 valence electrons. The van der Waals surface area contributed by atoms with Crippen LogP contribution in [0.5, 0.6) is 5.75 Å². The Bertz CT molecular complexity index is 1610. The van der Waals surface area contributed by atoms with E-state index in [1.54, 1.807) is 24.3 Å². The van der Waals surface area contributed by atoms with Crippen LogP contribution in [0.15, 0.2) is 109 Å². The summed E-state index contributed by atoms with van der Waals surface area (Å²) in [5.74, 6) is -0.229. The molecule has 0 radical (unpaired) electrons. The summed E-state index contributed by atoms with van der Waals surface area (Å²) in [5, 5.41) is 2.86. The molecule has 8 nitrogen and oxygen atoms in total. The molecule has 1 N–H and O–H groups in total. The van der Waals surface area contributed by atoms with Gasteiger partial charge in [0.2, 0.25) is 21.8 Å². The van der Waals surface area contributed by atoms with E-state index in [4.69, 9.17) is 4.74 Å². The van der Waals surface area contributed by atoms with Gasteiger partial charge in [-0.2, -0.15) is 0 Å². The fourth-order valence-corrected chi connectivity index (χ4v) is 5.65. The summed E-state index contributed by atoms with van der Waals surface area (Å²) in [5.41, 5.74) is 4.11. The summed E-state index contributed by atoms with van der Waals surface area (Å²) in [7, 11) is -3.86. The summed E-state index contributed by atoms with van der Waals surface area (Å²) in [6.07, 6.45) is 1.34. The number of aryl methyl sites for hydroxylation is 1. The van der Waals surface area contributed by atoms with Gasteiger partial charge in [-0.3, -0.25) is 13.9 Å². The van der Waals surface area contributed by atoms with E-state index in [0.29, 0.717) is 24.6 Å². The van der Waals surface area contributed by atoms with Crippen molar-refractivity contribution in [3.05, 3.63) is 131 Å². The van der Waals surface area contributed by atoms with E-state index in [1.807, 2.05) is 98.8 Å². The summed E-state index contributed by atoms with van der Waals surface area (Å²) in [4.78, 5) is 29.1. The maximum Gasteiger partial charge on any atom is 0.244 e. The minimum Gasteiger partial charge on any atom is -0.489 e. The molecule has 4 aromatic carbocycles. The molecule has 0 spiro atoms. The lowest BCUT2D eigenvalue weighted by Gasteiger charge is -2.33. The molecular formula is C35H39N3O5S. The van der Waals surface area contributed by atoms with Gasteiger partial charge in [-0.05, 0) is 54.8 Å². The van der Waals surface area contributed by atoms with Crippen molar-refractivity contribution < 1.29 is 22.7 Å². The zero-order valence-electron chi connectivity index (χ0n) is 25.3. The highest BCUT2D eigenvalue weighted by molar-refractivity contribution is 7.92. The van der Waals surface area contributed by atoms with Gasteiger partial charge in [0.1, 0.15) is 24.9 Å². The summed E-state index contributed by atoms with van der Waals surface area (Å²) < 4.78 is 33.0. The smallest absolute Gasteiger partial charge is 0.244 e. The molecule has 1 atom stereocenters. The van der Waals surface area contributed by atoms with Crippen LogP contribution < -0.4 is 14.4 Å². The van der Waals surface area contributed by atoms with Crippen LogP contribution in [0.25, 0.3) is 0 Å². The third kappa shape index (κ3) is 9.18. The van der Waals surface area contributed by atoms with Gasteiger partial charge >= 0.3 is 0 Å². The van der Waals surface area contributed by atoms with Gasteiger partial charge in [-0.1, -0.05) is 90.5 Å². The molecular weight excluding hydrogens is 574 g/mol. The normalized spacial score (nSPS) is 11.8. The standard InChI is InChI=1S/C35H39N3O5S/c1-4-36-35(40)33(23-28-11-7-5-8-12-28)37(24-29-17-15-27(2)16-18-29)34(39)25-38(44(3,41)42)31-19-21-32(22-20-31)43-26-30-13-9-6-10-14-30/h5-22,33H,4,23-26H2,1-3H3,(H,36,40)/t33-/m1/s1. The number of sulfonamides is 1. The molecule has 2 amide bonds. The van der Waals surface area contributed by atoms with Crippen LogP contribution in [-0.4, -0.2) is 50.5 Å². The molecule has 44 heavy (non-hydrogen) atoms. The first kappa shape index (κ1) is 32.3. The van der Waals surface area contributed by atoms with Gasteiger partial charge in [0.15, 0.2) is 0 Å². The minimum atomic E-state index is -3.86. The van der Waals surface area contributed by atoms with Crippen molar-refractivity contribution in [2.75, 3.05) is 23.7 Å². The predicted octanol–water partition coefficient (Wildman–Crippen LogP) is 5.12. The Balaban J connectivity index is 1.62. The molecule has 4 aromatic rings. The number of hydrogen-bond acceptors (Lipinski definition) is 5. The van der Waals surface area contributed by atoms with Crippen LogP contribution in [0.3, 0.4) is 0 Å². The van der Waals surface area contributed by atoms with E-state index >= 15 is 0 Å². The Labute approximate surface area is 260 Å². The van der Waals surface area contributed by atoms with Gasteiger partial charge in [0, 0.05) is 19.5 Å². The Morgan fingerprint density at radius 2 is 1.39 bits per heavy atom. The Morgan fingerprint density at radius 3 is 1.95 bits per heavy atom. The van der Waals surface area contributed by atoms with Crippen LogP contribution in [0.1, 0.15) is 29.2 Å². The quantitative estimate of drug-likeness (QED) is 0.213. The van der Waals surface area contributed by atoms with Crippen LogP contribution in [-0.2, 0) is 39.2 Å². The van der Waals surface area contributed by atoms with E-state index < -0.39 is 28.5 Å². The van der Waals surface area contributed by atoms with E-state index in [2.05, 4.69) is 5.32 Å². The van der Waals surface area contributed by atoms with E-state index in [0.717, 1.165) is 32.8 Å². The number of carbonyl (C=O) groups excluding carboxylic acids is 2.